The second-order valence-corrected chi connectivity index (χ2v) is 6.79. The zero-order valence-corrected chi connectivity index (χ0v) is 12.4. The van der Waals surface area contributed by atoms with Gasteiger partial charge >= 0.3 is 26.6 Å². The van der Waals surface area contributed by atoms with Gasteiger partial charge < -0.3 is 4.18 Å². The van der Waals surface area contributed by atoms with Crippen molar-refractivity contribution in [1.29, 1.82) is 0 Å². The third kappa shape index (κ3) is 5.97. The fraction of sp³-hybridized carbons (Fsp3) is 0.250. The molecule has 1 aromatic rings. The van der Waals surface area contributed by atoms with Gasteiger partial charge in [-0.3, -0.25) is 10.1 Å². The molecule has 0 spiro atoms. The van der Waals surface area contributed by atoms with Crippen LogP contribution < -0.4 is 4.18 Å². The first-order chi connectivity index (χ1) is 10.2. The Balaban J connectivity index is 3.36. The number of hydrogen-bond donors (Lipinski definition) is 0. The normalized spacial score (nSPS) is 12.9. The van der Waals surface area contributed by atoms with Crippen molar-refractivity contribution in [3.8, 4) is 5.75 Å². The summed E-state index contributed by atoms with van der Waals surface area (Å²) < 4.78 is 88.1. The Kier molecular flexibility index (Phi) is 5.20. The van der Waals surface area contributed by atoms with E-state index in [2.05, 4.69) is 13.4 Å². The van der Waals surface area contributed by atoms with Crippen LogP contribution in [0.2, 0.25) is 0 Å². The van der Waals surface area contributed by atoms with Gasteiger partial charge in [-0.05, 0) is 6.07 Å². The molecule has 0 aliphatic rings. The van der Waals surface area contributed by atoms with Crippen LogP contribution in [-0.2, 0) is 29.5 Å². The molecule has 0 saturated heterocycles. The molecule has 10 nitrogen and oxygen atoms in total. The lowest BCUT2D eigenvalue weighted by atomic mass is 10.3. The lowest BCUT2D eigenvalue weighted by Gasteiger charge is -2.10. The van der Waals surface area contributed by atoms with Gasteiger partial charge in [-0.15, -0.1) is 18.1 Å². The van der Waals surface area contributed by atoms with Crippen LogP contribution in [0.1, 0.15) is 0 Å². The topological polar surface area (TPSA) is 139 Å². The van der Waals surface area contributed by atoms with Crippen LogP contribution in [0.25, 0.3) is 0 Å². The molecule has 1 rings (SSSR count). The molecule has 0 aromatic heterocycles. The van der Waals surface area contributed by atoms with Gasteiger partial charge in [0.1, 0.15) is 4.90 Å². The maximum absolute atomic E-state index is 11.8. The first-order valence-electron chi connectivity index (χ1n) is 5.08. The number of halogens is 3. The number of nitro groups is 1. The van der Waals surface area contributed by atoms with Gasteiger partial charge in [-0.25, -0.2) is 0 Å². The third-order valence-corrected chi connectivity index (χ3v) is 3.47. The van der Waals surface area contributed by atoms with Crippen LogP contribution in [0, 0.1) is 10.1 Å². The van der Waals surface area contributed by atoms with E-state index >= 15 is 0 Å². The Labute approximate surface area is 126 Å². The summed E-state index contributed by atoms with van der Waals surface area (Å²) in [6, 6.07) is 1.39. The van der Waals surface area contributed by atoms with Crippen LogP contribution in [0.4, 0.5) is 18.9 Å². The molecule has 23 heavy (non-hydrogen) atoms. The van der Waals surface area contributed by atoms with Crippen molar-refractivity contribution in [2.75, 3.05) is 6.26 Å². The number of nitro benzene ring substituents is 1. The molecule has 15 heteroatoms. The van der Waals surface area contributed by atoms with Crippen LogP contribution >= 0.6 is 0 Å². The van der Waals surface area contributed by atoms with Crippen molar-refractivity contribution in [1.82, 2.24) is 0 Å². The second-order valence-electron chi connectivity index (χ2n) is 3.73. The molecule has 0 bridgehead atoms. The van der Waals surface area contributed by atoms with Gasteiger partial charge in [0.25, 0.3) is 5.69 Å². The summed E-state index contributed by atoms with van der Waals surface area (Å²) in [5.74, 6) is -1.13. The van der Waals surface area contributed by atoms with Crippen molar-refractivity contribution in [2.24, 2.45) is 0 Å². The Morgan fingerprint density at radius 1 is 1.17 bits per heavy atom. The van der Waals surface area contributed by atoms with E-state index in [1.807, 2.05) is 0 Å². The first-order valence-corrected chi connectivity index (χ1v) is 8.31. The highest BCUT2D eigenvalue weighted by molar-refractivity contribution is 7.87. The van der Waals surface area contributed by atoms with Crippen molar-refractivity contribution >= 4 is 25.9 Å². The number of rotatable bonds is 6. The molecule has 0 fully saturated rings. The van der Waals surface area contributed by atoms with Crippen LogP contribution in [0.5, 0.6) is 5.75 Å². The van der Waals surface area contributed by atoms with E-state index in [-0.39, 0.29) is 0 Å². The summed E-state index contributed by atoms with van der Waals surface area (Å²) in [7, 11) is -9.64. The van der Waals surface area contributed by atoms with Gasteiger partial charge in [-0.1, -0.05) is 4.33 Å². The highest BCUT2D eigenvalue weighted by Gasteiger charge is 2.36. The van der Waals surface area contributed by atoms with Gasteiger partial charge in [-0.2, -0.15) is 16.8 Å². The summed E-state index contributed by atoms with van der Waals surface area (Å²) in [4.78, 5) is 11.0. The molecule has 0 radical (unpaired) electrons. The molecule has 0 saturated carbocycles. The van der Waals surface area contributed by atoms with Gasteiger partial charge in [0.05, 0.1) is 17.2 Å². The average Bonchev–Trinajstić information content (AvgIpc) is 2.33. The largest absolute Gasteiger partial charge is 0.550 e. The predicted molar refractivity (Wildman–Crippen MR) is 64.0 cm³/mol. The molecule has 0 atom stereocenters. The summed E-state index contributed by atoms with van der Waals surface area (Å²) in [6.07, 6.45) is -4.99. The van der Waals surface area contributed by atoms with Gasteiger partial charge in [0, 0.05) is 6.07 Å². The summed E-state index contributed by atoms with van der Waals surface area (Å²) in [6.45, 7) is 0. The zero-order chi connectivity index (χ0) is 18.1. The fourth-order valence-corrected chi connectivity index (χ4v) is 2.50. The van der Waals surface area contributed by atoms with Crippen molar-refractivity contribution < 1.29 is 48.3 Å². The third-order valence-electron chi connectivity index (χ3n) is 1.87. The summed E-state index contributed by atoms with van der Waals surface area (Å²) in [5.41, 5.74) is -0.778. The number of alkyl halides is 3. The SMILES string of the molecule is CS(=O)(=O)Oc1cc([N+](=O)[O-])ccc1S(=O)(=O)OOC(F)(F)F. The van der Waals surface area contributed by atoms with Crippen molar-refractivity contribution in [3.63, 3.8) is 0 Å². The predicted octanol–water partition coefficient (Wildman–Crippen LogP) is 1.09. The van der Waals surface area contributed by atoms with Crippen LogP contribution in [0.3, 0.4) is 0 Å². The highest BCUT2D eigenvalue weighted by Crippen LogP contribution is 2.32. The molecular weight excluding hydrogens is 375 g/mol. The van der Waals surface area contributed by atoms with E-state index in [0.717, 1.165) is 0 Å². The standard InChI is InChI=1S/C8H6F3NO9S2/c1-22(15,16)19-6-4-5(12(13)14)2-3-7(6)23(17,18)21-20-8(9,10)11/h2-4H,1H3. The molecule has 0 N–H and O–H groups in total. The van der Waals surface area contributed by atoms with E-state index in [1.54, 1.807) is 0 Å². The molecular formula is C8H6F3NO9S2. The number of nitrogens with zero attached hydrogens (tertiary/aromatic N) is 1. The molecule has 0 heterocycles. The maximum Gasteiger partial charge on any atom is 0.550 e. The van der Waals surface area contributed by atoms with E-state index in [4.69, 9.17) is 0 Å². The first kappa shape index (κ1) is 19.1. The van der Waals surface area contributed by atoms with Crippen LogP contribution in [-0.4, -0.2) is 34.4 Å². The summed E-state index contributed by atoms with van der Waals surface area (Å²) in [5, 5.41) is 10.6. The minimum atomic E-state index is -5.47. The maximum atomic E-state index is 11.8. The van der Waals surface area contributed by atoms with Gasteiger partial charge in [0.2, 0.25) is 0 Å². The Hall–Kier alpha value is -1.97. The molecule has 0 aliphatic carbocycles. The molecule has 0 amide bonds. The van der Waals surface area contributed by atoms with E-state index < -0.39 is 47.9 Å². The Morgan fingerprint density at radius 3 is 2.17 bits per heavy atom. The quantitative estimate of drug-likeness (QED) is 0.306. The fourth-order valence-electron chi connectivity index (χ4n) is 1.17. The number of hydrogen-bond acceptors (Lipinski definition) is 9. The minimum Gasteiger partial charge on any atom is -0.381 e. The van der Waals surface area contributed by atoms with E-state index in [9.17, 15) is 40.1 Å². The van der Waals surface area contributed by atoms with Crippen LogP contribution in [0.15, 0.2) is 23.1 Å². The van der Waals surface area contributed by atoms with E-state index in [1.165, 1.54) is 0 Å². The van der Waals surface area contributed by atoms with Crippen molar-refractivity contribution in [2.45, 2.75) is 11.3 Å². The molecule has 0 unspecified atom stereocenters. The smallest absolute Gasteiger partial charge is 0.381 e. The molecule has 0 aliphatic heterocycles. The number of benzene rings is 1. The Bertz CT molecular complexity index is 816. The lowest BCUT2D eigenvalue weighted by Crippen LogP contribution is -2.19. The van der Waals surface area contributed by atoms with Gasteiger partial charge in [0.15, 0.2) is 5.75 Å². The highest BCUT2D eigenvalue weighted by atomic mass is 32.2. The number of non-ortho nitro benzene ring substituents is 1. The lowest BCUT2D eigenvalue weighted by molar-refractivity contribution is -0.443. The van der Waals surface area contributed by atoms with E-state index in [0.29, 0.717) is 24.5 Å². The second kappa shape index (κ2) is 6.26. The minimum absolute atomic E-state index is 0.380. The summed E-state index contributed by atoms with van der Waals surface area (Å²) >= 11 is 0. The average molecular weight is 381 g/mol. The monoisotopic (exact) mass is 381 g/mol. The molecule has 1 aromatic carbocycles. The Morgan fingerprint density at radius 2 is 1.74 bits per heavy atom. The van der Waals surface area contributed by atoms with Crippen molar-refractivity contribution in [3.05, 3.63) is 28.3 Å². The molecule has 130 valence electrons. The zero-order valence-electron chi connectivity index (χ0n) is 10.8.